The van der Waals surface area contributed by atoms with Crippen LogP contribution in [0.1, 0.15) is 37.1 Å². The zero-order chi connectivity index (χ0) is 19.9. The number of nitrogens with two attached hydrogens (primary N) is 1. The highest BCUT2D eigenvalue weighted by molar-refractivity contribution is 5.79. The van der Waals surface area contributed by atoms with E-state index in [0.29, 0.717) is 43.4 Å². The van der Waals surface area contributed by atoms with Crippen LogP contribution in [0.5, 0.6) is 0 Å². The first-order valence-electron chi connectivity index (χ1n) is 9.86. The Morgan fingerprint density at radius 2 is 2.07 bits per heavy atom. The van der Waals surface area contributed by atoms with Gasteiger partial charge in [-0.2, -0.15) is 0 Å². The molecule has 3 N–H and O–H groups in total. The number of carbonyl (C=O) groups is 2. The Hall–Kier alpha value is -2.67. The summed E-state index contributed by atoms with van der Waals surface area (Å²) in [4.78, 5) is 31.1. The van der Waals surface area contributed by atoms with Gasteiger partial charge in [0.2, 0.25) is 17.7 Å². The Bertz CT molecular complexity index is 803. The standard InChI is InChI=1S/C21H28N4O3/c1-15-18(24-21(28-15)16-7-3-2-4-8-16)13-20(27)25-12-6-5-9-17(25)14-23-19(26)10-11-22/h2-4,7-8,17H,5-6,9-14,22H2,1H3,(H,23,26). The van der Waals surface area contributed by atoms with Crippen LogP contribution in [0, 0.1) is 6.92 Å². The van der Waals surface area contributed by atoms with Gasteiger partial charge in [-0.3, -0.25) is 9.59 Å². The number of oxazole rings is 1. The average Bonchev–Trinajstić information content (AvgIpc) is 3.08. The Balaban J connectivity index is 1.65. The van der Waals surface area contributed by atoms with Crippen molar-refractivity contribution in [2.45, 2.75) is 45.1 Å². The lowest BCUT2D eigenvalue weighted by Gasteiger charge is -2.36. The third kappa shape index (κ3) is 4.98. The highest BCUT2D eigenvalue weighted by Crippen LogP contribution is 2.23. The van der Waals surface area contributed by atoms with Crippen LogP contribution in [-0.4, -0.2) is 47.4 Å². The number of aromatic nitrogens is 1. The molecule has 2 heterocycles. The zero-order valence-corrected chi connectivity index (χ0v) is 16.3. The van der Waals surface area contributed by atoms with Crippen LogP contribution in [0.25, 0.3) is 11.5 Å². The number of likely N-dealkylation sites (tertiary alicyclic amines) is 1. The summed E-state index contributed by atoms with van der Waals surface area (Å²) in [6.45, 7) is 3.34. The zero-order valence-electron chi connectivity index (χ0n) is 16.3. The summed E-state index contributed by atoms with van der Waals surface area (Å²) >= 11 is 0. The number of benzene rings is 1. The minimum atomic E-state index is -0.0691. The first-order valence-corrected chi connectivity index (χ1v) is 9.86. The Morgan fingerprint density at radius 3 is 2.82 bits per heavy atom. The van der Waals surface area contributed by atoms with E-state index in [1.165, 1.54) is 0 Å². The van der Waals surface area contributed by atoms with Crippen molar-refractivity contribution in [3.63, 3.8) is 0 Å². The van der Waals surface area contributed by atoms with Crippen molar-refractivity contribution in [1.29, 1.82) is 0 Å². The number of aryl methyl sites for hydroxylation is 1. The molecule has 1 unspecified atom stereocenters. The molecule has 1 aromatic heterocycles. The Labute approximate surface area is 165 Å². The van der Waals surface area contributed by atoms with Gasteiger partial charge in [0.25, 0.3) is 0 Å². The molecule has 1 aliphatic rings. The number of amides is 2. The fourth-order valence-corrected chi connectivity index (χ4v) is 3.53. The third-order valence-electron chi connectivity index (χ3n) is 5.09. The van der Waals surface area contributed by atoms with Crippen LogP contribution in [0.4, 0.5) is 0 Å². The average molecular weight is 384 g/mol. The van der Waals surface area contributed by atoms with Crippen molar-refractivity contribution in [3.8, 4) is 11.5 Å². The van der Waals surface area contributed by atoms with E-state index in [0.717, 1.165) is 24.8 Å². The number of hydrogen-bond acceptors (Lipinski definition) is 5. The lowest BCUT2D eigenvalue weighted by atomic mass is 10.0. The Kier molecular flexibility index (Phi) is 6.81. The van der Waals surface area contributed by atoms with Gasteiger partial charge in [0.15, 0.2) is 0 Å². The number of nitrogens with zero attached hydrogens (tertiary/aromatic N) is 2. The van der Waals surface area contributed by atoms with Gasteiger partial charge in [-0.05, 0) is 38.3 Å². The topological polar surface area (TPSA) is 101 Å². The highest BCUT2D eigenvalue weighted by Gasteiger charge is 2.28. The lowest BCUT2D eigenvalue weighted by Crippen LogP contribution is -2.50. The molecule has 1 aromatic carbocycles. The second-order valence-corrected chi connectivity index (χ2v) is 7.14. The van der Waals surface area contributed by atoms with Crippen molar-refractivity contribution in [2.24, 2.45) is 5.73 Å². The molecule has 0 radical (unpaired) electrons. The molecule has 1 saturated heterocycles. The molecule has 2 amide bonds. The van der Waals surface area contributed by atoms with Crippen LogP contribution < -0.4 is 11.1 Å². The molecular formula is C21H28N4O3. The van der Waals surface area contributed by atoms with E-state index < -0.39 is 0 Å². The smallest absolute Gasteiger partial charge is 0.229 e. The maximum atomic E-state index is 13.0. The minimum Gasteiger partial charge on any atom is -0.441 e. The summed E-state index contributed by atoms with van der Waals surface area (Å²) in [6.07, 6.45) is 3.44. The molecule has 1 fully saturated rings. The summed E-state index contributed by atoms with van der Waals surface area (Å²) in [5, 5.41) is 2.89. The number of hydrogen-bond donors (Lipinski definition) is 2. The van der Waals surface area contributed by atoms with E-state index in [2.05, 4.69) is 10.3 Å². The first-order chi connectivity index (χ1) is 13.6. The lowest BCUT2D eigenvalue weighted by molar-refractivity contribution is -0.134. The molecule has 0 bridgehead atoms. The second-order valence-electron chi connectivity index (χ2n) is 7.14. The van der Waals surface area contributed by atoms with Crippen molar-refractivity contribution in [1.82, 2.24) is 15.2 Å². The van der Waals surface area contributed by atoms with Crippen molar-refractivity contribution in [2.75, 3.05) is 19.6 Å². The van der Waals surface area contributed by atoms with Gasteiger partial charge in [-0.25, -0.2) is 4.98 Å². The molecule has 28 heavy (non-hydrogen) atoms. The number of nitrogens with one attached hydrogen (secondary N) is 1. The maximum Gasteiger partial charge on any atom is 0.229 e. The van der Waals surface area contributed by atoms with Crippen LogP contribution in [0.15, 0.2) is 34.7 Å². The van der Waals surface area contributed by atoms with Crippen molar-refractivity contribution >= 4 is 11.8 Å². The van der Waals surface area contributed by atoms with Crippen molar-refractivity contribution in [3.05, 3.63) is 41.8 Å². The van der Waals surface area contributed by atoms with Gasteiger partial charge < -0.3 is 20.4 Å². The van der Waals surface area contributed by atoms with Gasteiger partial charge in [0, 0.05) is 37.7 Å². The molecule has 7 nitrogen and oxygen atoms in total. The van der Waals surface area contributed by atoms with Crippen LogP contribution >= 0.6 is 0 Å². The second kappa shape index (κ2) is 9.50. The van der Waals surface area contributed by atoms with Crippen molar-refractivity contribution < 1.29 is 14.0 Å². The van der Waals surface area contributed by atoms with E-state index >= 15 is 0 Å². The molecule has 1 atom stereocenters. The predicted octanol–water partition coefficient (Wildman–Crippen LogP) is 2.04. The summed E-state index contributed by atoms with van der Waals surface area (Å²) in [5.74, 6) is 1.15. The Morgan fingerprint density at radius 1 is 1.29 bits per heavy atom. The predicted molar refractivity (Wildman–Crippen MR) is 106 cm³/mol. The third-order valence-corrected chi connectivity index (χ3v) is 5.09. The maximum absolute atomic E-state index is 13.0. The van der Waals surface area contributed by atoms with Gasteiger partial charge in [-0.15, -0.1) is 0 Å². The monoisotopic (exact) mass is 384 g/mol. The van der Waals surface area contributed by atoms with Crippen LogP contribution in [-0.2, 0) is 16.0 Å². The summed E-state index contributed by atoms with van der Waals surface area (Å²) in [7, 11) is 0. The first kappa shape index (κ1) is 20.1. The molecule has 150 valence electrons. The number of piperidine rings is 1. The largest absolute Gasteiger partial charge is 0.441 e. The molecule has 2 aromatic rings. The van der Waals surface area contributed by atoms with Gasteiger partial charge in [-0.1, -0.05) is 18.2 Å². The molecule has 3 rings (SSSR count). The molecular weight excluding hydrogens is 356 g/mol. The molecule has 0 aliphatic carbocycles. The quantitative estimate of drug-likeness (QED) is 0.761. The normalized spacial score (nSPS) is 16.8. The summed E-state index contributed by atoms with van der Waals surface area (Å²) in [6, 6.07) is 9.67. The number of carbonyl (C=O) groups excluding carboxylic acids is 2. The van der Waals surface area contributed by atoms with Gasteiger partial charge in [0.1, 0.15) is 5.76 Å². The van der Waals surface area contributed by atoms with E-state index in [-0.39, 0.29) is 24.3 Å². The fraction of sp³-hybridized carbons (Fsp3) is 0.476. The van der Waals surface area contributed by atoms with E-state index in [1.807, 2.05) is 42.2 Å². The molecule has 1 aliphatic heterocycles. The summed E-state index contributed by atoms with van der Waals surface area (Å²) in [5.41, 5.74) is 6.98. The molecule has 7 heteroatoms. The molecule has 0 spiro atoms. The SMILES string of the molecule is Cc1oc(-c2ccccc2)nc1CC(=O)N1CCCCC1CNC(=O)CCN. The van der Waals surface area contributed by atoms with E-state index in [9.17, 15) is 9.59 Å². The van der Waals surface area contributed by atoms with Gasteiger partial charge >= 0.3 is 0 Å². The van der Waals surface area contributed by atoms with Crippen LogP contribution in [0.2, 0.25) is 0 Å². The van der Waals surface area contributed by atoms with E-state index in [4.69, 9.17) is 10.2 Å². The summed E-state index contributed by atoms with van der Waals surface area (Å²) < 4.78 is 5.77. The highest BCUT2D eigenvalue weighted by atomic mass is 16.4. The fourth-order valence-electron chi connectivity index (χ4n) is 3.53. The number of rotatable bonds is 7. The van der Waals surface area contributed by atoms with Gasteiger partial charge in [0.05, 0.1) is 12.1 Å². The van der Waals surface area contributed by atoms with Crippen LogP contribution in [0.3, 0.4) is 0 Å². The molecule has 0 saturated carbocycles. The van der Waals surface area contributed by atoms with E-state index in [1.54, 1.807) is 0 Å². The minimum absolute atomic E-state index is 0.0174.